The van der Waals surface area contributed by atoms with Gasteiger partial charge in [-0.15, -0.1) is 12.4 Å². The van der Waals surface area contributed by atoms with Crippen molar-refractivity contribution in [3.8, 4) is 11.5 Å². The second kappa shape index (κ2) is 8.14. The van der Waals surface area contributed by atoms with Crippen molar-refractivity contribution in [2.45, 2.75) is 12.8 Å². The summed E-state index contributed by atoms with van der Waals surface area (Å²) < 4.78 is 10.6. The van der Waals surface area contributed by atoms with Crippen LogP contribution >= 0.6 is 12.4 Å². The van der Waals surface area contributed by atoms with E-state index in [1.165, 1.54) is 12.8 Å². The van der Waals surface area contributed by atoms with E-state index in [1.807, 2.05) is 4.90 Å². The van der Waals surface area contributed by atoms with Crippen LogP contribution in [0.3, 0.4) is 0 Å². The maximum atomic E-state index is 12.6. The van der Waals surface area contributed by atoms with Crippen molar-refractivity contribution in [1.29, 1.82) is 0 Å². The molecule has 142 valence electrons. The first-order chi connectivity index (χ1) is 12.2. The van der Waals surface area contributed by atoms with Gasteiger partial charge in [0.25, 0.3) is 5.91 Å². The molecular weight excluding hydrogens is 358 g/mol. The average molecular weight is 382 g/mol. The smallest absolute Gasteiger partial charge is 0.254 e. The number of nitrogens with zero attached hydrogens (tertiary/aromatic N) is 2. The predicted molar refractivity (Wildman–Crippen MR) is 97.9 cm³/mol. The summed E-state index contributed by atoms with van der Waals surface area (Å²) in [7, 11) is 0. The van der Waals surface area contributed by atoms with E-state index in [4.69, 9.17) is 9.47 Å². The Morgan fingerprint density at radius 3 is 2.46 bits per heavy atom. The first kappa shape index (κ1) is 18.8. The van der Waals surface area contributed by atoms with Gasteiger partial charge in [0.15, 0.2) is 11.5 Å². The zero-order valence-electron chi connectivity index (χ0n) is 14.6. The lowest BCUT2D eigenvalue weighted by Crippen LogP contribution is -2.52. The highest BCUT2D eigenvalue weighted by atomic mass is 35.5. The third-order valence-corrected chi connectivity index (χ3v) is 4.95. The molecule has 1 aliphatic carbocycles. The number of amides is 2. The second-order valence-electron chi connectivity index (χ2n) is 6.82. The predicted octanol–water partition coefficient (Wildman–Crippen LogP) is 1.12. The van der Waals surface area contributed by atoms with E-state index in [9.17, 15) is 9.59 Å². The van der Waals surface area contributed by atoms with E-state index < -0.39 is 0 Å². The first-order valence-electron chi connectivity index (χ1n) is 8.88. The Morgan fingerprint density at radius 1 is 1.04 bits per heavy atom. The van der Waals surface area contributed by atoms with E-state index in [1.54, 1.807) is 23.1 Å². The topological polar surface area (TPSA) is 71.1 Å². The molecule has 1 saturated heterocycles. The Kier molecular flexibility index (Phi) is 5.88. The number of ether oxygens (including phenoxy) is 2. The van der Waals surface area contributed by atoms with Crippen molar-refractivity contribution in [1.82, 2.24) is 15.1 Å². The second-order valence-corrected chi connectivity index (χ2v) is 6.82. The first-order valence-corrected chi connectivity index (χ1v) is 8.88. The molecule has 8 heteroatoms. The van der Waals surface area contributed by atoms with Gasteiger partial charge in [-0.05, 0) is 43.5 Å². The quantitative estimate of drug-likeness (QED) is 0.827. The Morgan fingerprint density at radius 2 is 1.73 bits per heavy atom. The van der Waals surface area contributed by atoms with Crippen LogP contribution in [-0.2, 0) is 4.79 Å². The van der Waals surface area contributed by atoms with Crippen LogP contribution in [0.2, 0.25) is 0 Å². The SMILES string of the molecule is Cl.O=C(CNCC1CC1)N1CCN(C(=O)c2ccc3c(c2)OCO3)CC1. The minimum atomic E-state index is -0.0303. The molecule has 0 unspecified atom stereocenters. The van der Waals surface area contributed by atoms with E-state index in [0.717, 1.165) is 12.5 Å². The van der Waals surface area contributed by atoms with E-state index in [0.29, 0.717) is 49.8 Å². The molecule has 0 spiro atoms. The number of nitrogens with one attached hydrogen (secondary N) is 1. The molecule has 0 atom stereocenters. The summed E-state index contributed by atoms with van der Waals surface area (Å²) >= 11 is 0. The van der Waals surface area contributed by atoms with Gasteiger partial charge >= 0.3 is 0 Å². The maximum absolute atomic E-state index is 12.6. The number of halogens is 1. The van der Waals surface area contributed by atoms with Crippen molar-refractivity contribution in [3.05, 3.63) is 23.8 Å². The number of benzene rings is 1. The fourth-order valence-electron chi connectivity index (χ4n) is 3.19. The van der Waals surface area contributed by atoms with Gasteiger partial charge in [0.05, 0.1) is 6.54 Å². The fraction of sp³-hybridized carbons (Fsp3) is 0.556. The summed E-state index contributed by atoms with van der Waals surface area (Å²) in [6.45, 7) is 3.81. The molecule has 2 aliphatic heterocycles. The van der Waals surface area contributed by atoms with Crippen molar-refractivity contribution in [3.63, 3.8) is 0 Å². The van der Waals surface area contributed by atoms with Crippen molar-refractivity contribution in [2.24, 2.45) is 5.92 Å². The highest BCUT2D eigenvalue weighted by Gasteiger charge is 2.26. The van der Waals surface area contributed by atoms with Gasteiger partial charge in [-0.25, -0.2) is 0 Å². The van der Waals surface area contributed by atoms with E-state index in [-0.39, 0.29) is 31.0 Å². The van der Waals surface area contributed by atoms with Gasteiger partial charge < -0.3 is 24.6 Å². The molecule has 7 nitrogen and oxygen atoms in total. The molecule has 26 heavy (non-hydrogen) atoms. The Labute approximate surface area is 159 Å². The molecule has 1 aromatic rings. The van der Waals surface area contributed by atoms with Crippen LogP contribution in [-0.4, -0.2) is 67.7 Å². The fourth-order valence-corrected chi connectivity index (χ4v) is 3.19. The average Bonchev–Trinajstić information content (AvgIpc) is 3.35. The van der Waals surface area contributed by atoms with Crippen LogP contribution in [0.1, 0.15) is 23.2 Å². The van der Waals surface area contributed by atoms with Crippen LogP contribution < -0.4 is 14.8 Å². The van der Waals surface area contributed by atoms with E-state index >= 15 is 0 Å². The Hall–Kier alpha value is -1.99. The lowest BCUT2D eigenvalue weighted by atomic mass is 10.1. The number of carbonyl (C=O) groups is 2. The minimum Gasteiger partial charge on any atom is -0.454 e. The van der Waals surface area contributed by atoms with Gasteiger partial charge in [0.1, 0.15) is 0 Å². The molecule has 0 bridgehead atoms. The highest BCUT2D eigenvalue weighted by Crippen LogP contribution is 2.32. The highest BCUT2D eigenvalue weighted by molar-refractivity contribution is 5.95. The van der Waals surface area contributed by atoms with Crippen LogP contribution in [0.25, 0.3) is 0 Å². The van der Waals surface area contributed by atoms with Gasteiger partial charge in [-0.3, -0.25) is 9.59 Å². The Bertz CT molecular complexity index is 672. The van der Waals surface area contributed by atoms with Crippen LogP contribution in [0, 0.1) is 5.92 Å². The molecule has 3 aliphatic rings. The molecule has 1 saturated carbocycles. The zero-order chi connectivity index (χ0) is 17.2. The summed E-state index contributed by atoms with van der Waals surface area (Å²) in [5.41, 5.74) is 0.593. The van der Waals surface area contributed by atoms with Crippen molar-refractivity contribution >= 4 is 24.2 Å². The molecule has 2 heterocycles. The van der Waals surface area contributed by atoms with Gasteiger partial charge in [-0.1, -0.05) is 0 Å². The zero-order valence-corrected chi connectivity index (χ0v) is 15.4. The van der Waals surface area contributed by atoms with Crippen molar-refractivity contribution < 1.29 is 19.1 Å². The number of fused-ring (bicyclic) bond motifs is 1. The monoisotopic (exact) mass is 381 g/mol. The largest absolute Gasteiger partial charge is 0.454 e. The third kappa shape index (κ3) is 4.22. The summed E-state index contributed by atoms with van der Waals surface area (Å²) in [6, 6.07) is 5.25. The summed E-state index contributed by atoms with van der Waals surface area (Å²) in [4.78, 5) is 28.5. The number of hydrogen-bond acceptors (Lipinski definition) is 5. The lowest BCUT2D eigenvalue weighted by Gasteiger charge is -2.35. The number of hydrogen-bond donors (Lipinski definition) is 1. The lowest BCUT2D eigenvalue weighted by molar-refractivity contribution is -0.131. The number of piperazine rings is 1. The Balaban J connectivity index is 0.00000196. The van der Waals surface area contributed by atoms with Crippen LogP contribution in [0.15, 0.2) is 18.2 Å². The molecule has 4 rings (SSSR count). The summed E-state index contributed by atoms with van der Waals surface area (Å²) in [6.07, 6.45) is 2.56. The standard InChI is InChI=1S/C18H23N3O4.ClH/c22-17(11-19-10-13-1-2-13)20-5-7-21(8-6-20)18(23)14-3-4-15-16(9-14)25-12-24-15;/h3-4,9,13,19H,1-2,5-8,10-12H2;1H. The van der Waals surface area contributed by atoms with Crippen LogP contribution in [0.5, 0.6) is 11.5 Å². The normalized spacial score (nSPS) is 18.5. The number of rotatable bonds is 5. The molecule has 2 fully saturated rings. The molecule has 0 aromatic heterocycles. The third-order valence-electron chi connectivity index (χ3n) is 4.95. The maximum Gasteiger partial charge on any atom is 0.254 e. The van der Waals surface area contributed by atoms with Crippen LogP contribution in [0.4, 0.5) is 0 Å². The van der Waals surface area contributed by atoms with Crippen molar-refractivity contribution in [2.75, 3.05) is 46.1 Å². The molecule has 1 N–H and O–H groups in total. The van der Waals surface area contributed by atoms with E-state index in [2.05, 4.69) is 5.32 Å². The number of carbonyl (C=O) groups excluding carboxylic acids is 2. The van der Waals surface area contributed by atoms with Gasteiger partial charge in [0.2, 0.25) is 12.7 Å². The molecular formula is C18H24ClN3O4. The molecule has 1 aromatic carbocycles. The molecule has 2 amide bonds. The van der Waals surface area contributed by atoms with Gasteiger partial charge in [-0.2, -0.15) is 0 Å². The summed E-state index contributed by atoms with van der Waals surface area (Å²) in [5.74, 6) is 2.14. The molecule has 0 radical (unpaired) electrons. The van der Waals surface area contributed by atoms with Gasteiger partial charge in [0, 0.05) is 31.7 Å². The minimum absolute atomic E-state index is 0. The summed E-state index contributed by atoms with van der Waals surface area (Å²) in [5, 5.41) is 3.23.